The minimum Gasteiger partial charge on any atom is -0.294 e. The summed E-state index contributed by atoms with van der Waals surface area (Å²) in [6.45, 7) is 2.06. The Morgan fingerprint density at radius 1 is 0.520 bits per heavy atom. The number of aromatic nitrogens is 2. The van der Waals surface area contributed by atoms with Crippen molar-refractivity contribution in [1.29, 1.82) is 0 Å². The summed E-state index contributed by atoms with van der Waals surface area (Å²) in [5.74, 6) is 0.844. The second-order valence-electron chi connectivity index (χ2n) is 13.0. The molecule has 1 aliphatic heterocycles. The molecule has 0 fully saturated rings. The fourth-order valence-electron chi connectivity index (χ4n) is 8.00. The van der Waals surface area contributed by atoms with Crippen LogP contribution in [0.5, 0.6) is 0 Å². The number of sulfone groups is 1. The van der Waals surface area contributed by atoms with E-state index in [1.165, 1.54) is 43.6 Å². The minimum absolute atomic E-state index is 0.309. The summed E-state index contributed by atoms with van der Waals surface area (Å²) >= 11 is 0. The average molecular weight is 663 g/mol. The van der Waals surface area contributed by atoms with Crippen molar-refractivity contribution in [3.63, 3.8) is 0 Å². The molecule has 0 radical (unpaired) electrons. The van der Waals surface area contributed by atoms with Gasteiger partial charge in [0, 0.05) is 6.42 Å². The molecule has 50 heavy (non-hydrogen) atoms. The summed E-state index contributed by atoms with van der Waals surface area (Å²) in [6.07, 6.45) is 0.679. The third kappa shape index (κ3) is 4.10. The standard InChI is InChI=1S/C45H30N2O2S/c1-2-42-46-38-17-10-18-41-45(38)47(42)39-27-32(22-24-40(39)50(41,48)49)31-21-23-36-37(26-31)44(33-20-19-28-11-6-7-14-30(28)25-33)35-16-9-8-15-34(35)43(36)29-12-4-3-5-13-29/h3-27H,2H2,1H3. The Morgan fingerprint density at radius 3 is 1.98 bits per heavy atom. The molecule has 1 aromatic heterocycles. The zero-order valence-corrected chi connectivity index (χ0v) is 28.1. The van der Waals surface area contributed by atoms with Crippen LogP contribution in [0.3, 0.4) is 0 Å². The summed E-state index contributed by atoms with van der Waals surface area (Å²) in [4.78, 5) is 5.47. The highest BCUT2D eigenvalue weighted by Crippen LogP contribution is 2.46. The van der Waals surface area contributed by atoms with E-state index in [9.17, 15) is 8.42 Å². The fraction of sp³-hybridized carbons (Fsp3) is 0.0444. The van der Waals surface area contributed by atoms with Crippen molar-refractivity contribution >= 4 is 53.2 Å². The molecule has 4 nitrogen and oxygen atoms in total. The largest absolute Gasteiger partial charge is 0.294 e. The average Bonchev–Trinajstić information content (AvgIpc) is 3.55. The third-order valence-electron chi connectivity index (χ3n) is 10.3. The first-order valence-electron chi connectivity index (χ1n) is 16.9. The monoisotopic (exact) mass is 662 g/mol. The van der Waals surface area contributed by atoms with E-state index in [0.29, 0.717) is 32.9 Å². The number of aryl methyl sites for hydroxylation is 1. The molecule has 238 valence electrons. The molecule has 2 heterocycles. The smallest absolute Gasteiger partial charge is 0.210 e. The van der Waals surface area contributed by atoms with Gasteiger partial charge in [-0.1, -0.05) is 122 Å². The second kappa shape index (κ2) is 10.7. The highest BCUT2D eigenvalue weighted by molar-refractivity contribution is 7.92. The first kappa shape index (κ1) is 28.9. The SMILES string of the molecule is CCc1nc2cccc3c2n1-c1cc(-c2ccc4c(-c5ccccc5)c5ccccc5c(-c5ccc6ccccc6c5)c4c2)ccc1S3(=O)=O. The van der Waals surface area contributed by atoms with E-state index in [2.05, 4.69) is 122 Å². The van der Waals surface area contributed by atoms with Gasteiger partial charge >= 0.3 is 0 Å². The summed E-state index contributed by atoms with van der Waals surface area (Å²) in [7, 11) is -3.72. The fourth-order valence-corrected chi connectivity index (χ4v) is 9.62. The van der Waals surface area contributed by atoms with Crippen molar-refractivity contribution in [2.75, 3.05) is 0 Å². The lowest BCUT2D eigenvalue weighted by Crippen LogP contribution is -2.15. The van der Waals surface area contributed by atoms with Crippen LogP contribution >= 0.6 is 0 Å². The van der Waals surface area contributed by atoms with Crippen LogP contribution in [0, 0.1) is 0 Å². The first-order valence-corrected chi connectivity index (χ1v) is 18.4. The molecule has 9 aromatic rings. The van der Waals surface area contributed by atoms with Crippen LogP contribution < -0.4 is 0 Å². The molecule has 10 rings (SSSR count). The van der Waals surface area contributed by atoms with Gasteiger partial charge in [0.25, 0.3) is 0 Å². The summed E-state index contributed by atoms with van der Waals surface area (Å²) in [5, 5.41) is 7.10. The number of para-hydroxylation sites is 1. The van der Waals surface area contributed by atoms with Crippen LogP contribution in [-0.2, 0) is 16.3 Å². The normalized spacial score (nSPS) is 13.3. The lowest BCUT2D eigenvalue weighted by Gasteiger charge is -2.22. The van der Waals surface area contributed by atoms with Gasteiger partial charge in [0.15, 0.2) is 0 Å². The summed E-state index contributed by atoms with van der Waals surface area (Å²) < 4.78 is 30.0. The van der Waals surface area contributed by atoms with Gasteiger partial charge in [-0.15, -0.1) is 0 Å². The number of hydrogen-bond donors (Lipinski definition) is 0. The second-order valence-corrected chi connectivity index (χ2v) is 14.9. The van der Waals surface area contributed by atoms with E-state index in [1.54, 1.807) is 18.2 Å². The van der Waals surface area contributed by atoms with E-state index in [0.717, 1.165) is 27.9 Å². The van der Waals surface area contributed by atoms with E-state index in [1.807, 2.05) is 22.8 Å². The molecule has 0 N–H and O–H groups in total. The van der Waals surface area contributed by atoms with Crippen molar-refractivity contribution in [2.45, 2.75) is 23.1 Å². The Labute approximate surface area is 289 Å². The van der Waals surface area contributed by atoms with Gasteiger partial charge in [0.2, 0.25) is 9.84 Å². The van der Waals surface area contributed by atoms with Gasteiger partial charge in [-0.25, -0.2) is 13.4 Å². The lowest BCUT2D eigenvalue weighted by molar-refractivity contribution is 0.594. The maximum absolute atomic E-state index is 14.0. The van der Waals surface area contributed by atoms with Gasteiger partial charge in [0.05, 0.1) is 26.5 Å². The number of rotatable bonds is 4. The Morgan fingerprint density at radius 2 is 1.18 bits per heavy atom. The molecule has 0 saturated carbocycles. The maximum atomic E-state index is 14.0. The van der Waals surface area contributed by atoms with Gasteiger partial charge < -0.3 is 0 Å². The topological polar surface area (TPSA) is 52.0 Å². The number of imidazole rings is 1. The molecule has 0 spiro atoms. The van der Waals surface area contributed by atoms with E-state index >= 15 is 0 Å². The number of fused-ring (bicyclic) bond motifs is 5. The molecular weight excluding hydrogens is 633 g/mol. The van der Waals surface area contributed by atoms with Crippen LogP contribution in [0.15, 0.2) is 161 Å². The Hall–Kier alpha value is -6.04. The van der Waals surface area contributed by atoms with Gasteiger partial charge in [-0.3, -0.25) is 4.57 Å². The minimum atomic E-state index is -3.72. The molecular formula is C45H30N2O2S. The molecule has 0 aliphatic carbocycles. The predicted octanol–water partition coefficient (Wildman–Crippen LogP) is 11.2. The molecule has 1 aliphatic rings. The molecule has 0 unspecified atom stereocenters. The number of hydrogen-bond acceptors (Lipinski definition) is 3. The Bertz CT molecular complexity index is 2980. The Kier molecular flexibility index (Phi) is 6.21. The van der Waals surface area contributed by atoms with Crippen molar-refractivity contribution in [3.8, 4) is 39.1 Å². The molecule has 8 aromatic carbocycles. The van der Waals surface area contributed by atoms with E-state index in [4.69, 9.17) is 4.98 Å². The van der Waals surface area contributed by atoms with Crippen molar-refractivity contribution in [3.05, 3.63) is 157 Å². The molecule has 0 bridgehead atoms. The molecule has 0 atom stereocenters. The summed E-state index contributed by atoms with van der Waals surface area (Å²) in [5.41, 5.74) is 8.68. The third-order valence-corrected chi connectivity index (χ3v) is 12.1. The molecule has 5 heteroatoms. The number of nitrogens with zero attached hydrogens (tertiary/aromatic N) is 2. The van der Waals surface area contributed by atoms with Crippen molar-refractivity contribution in [1.82, 2.24) is 9.55 Å². The van der Waals surface area contributed by atoms with Gasteiger partial charge in [0.1, 0.15) is 5.82 Å². The molecule has 0 amide bonds. The molecule has 0 saturated heterocycles. The van der Waals surface area contributed by atoms with Crippen LogP contribution in [-0.4, -0.2) is 18.0 Å². The lowest BCUT2D eigenvalue weighted by atomic mass is 9.84. The van der Waals surface area contributed by atoms with Crippen LogP contribution in [0.25, 0.3) is 82.4 Å². The van der Waals surface area contributed by atoms with Crippen LogP contribution in [0.2, 0.25) is 0 Å². The van der Waals surface area contributed by atoms with Crippen molar-refractivity contribution in [2.24, 2.45) is 0 Å². The zero-order valence-electron chi connectivity index (χ0n) is 27.3. The van der Waals surface area contributed by atoms with Crippen LogP contribution in [0.1, 0.15) is 12.7 Å². The van der Waals surface area contributed by atoms with Crippen molar-refractivity contribution < 1.29 is 8.42 Å². The maximum Gasteiger partial charge on any atom is 0.210 e. The highest BCUT2D eigenvalue weighted by Gasteiger charge is 2.33. The Balaban J connectivity index is 1.28. The van der Waals surface area contributed by atoms with Gasteiger partial charge in [-0.05, 0) is 102 Å². The predicted molar refractivity (Wildman–Crippen MR) is 205 cm³/mol. The number of benzene rings is 8. The summed E-state index contributed by atoms with van der Waals surface area (Å²) in [6, 6.07) is 52.4. The highest BCUT2D eigenvalue weighted by atomic mass is 32.2. The first-order chi connectivity index (χ1) is 24.5. The van der Waals surface area contributed by atoms with E-state index in [-0.39, 0.29) is 0 Å². The zero-order chi connectivity index (χ0) is 33.6. The van der Waals surface area contributed by atoms with E-state index < -0.39 is 9.84 Å². The quantitative estimate of drug-likeness (QED) is 0.176. The van der Waals surface area contributed by atoms with Gasteiger partial charge in [-0.2, -0.15) is 0 Å². The van der Waals surface area contributed by atoms with Crippen LogP contribution in [0.4, 0.5) is 0 Å².